The first kappa shape index (κ1) is 16.3. The SMILES string of the molecule is Cc1ccccc1NC(=O)c1cc(-n2c(C)ccc2C)ccc1Cl. The van der Waals surface area contributed by atoms with Gasteiger partial charge in [0.2, 0.25) is 0 Å². The van der Waals surface area contributed by atoms with E-state index >= 15 is 0 Å². The molecule has 0 saturated carbocycles. The molecule has 122 valence electrons. The van der Waals surface area contributed by atoms with Crippen LogP contribution >= 0.6 is 11.6 Å². The van der Waals surface area contributed by atoms with Crippen molar-refractivity contribution in [1.82, 2.24) is 4.57 Å². The maximum Gasteiger partial charge on any atom is 0.257 e. The van der Waals surface area contributed by atoms with Gasteiger partial charge in [0, 0.05) is 22.8 Å². The first-order chi connectivity index (χ1) is 11.5. The second-order valence-electron chi connectivity index (χ2n) is 5.88. The zero-order valence-corrected chi connectivity index (χ0v) is 14.7. The van der Waals surface area contributed by atoms with E-state index in [9.17, 15) is 4.79 Å². The molecular weight excluding hydrogens is 320 g/mol. The highest BCUT2D eigenvalue weighted by atomic mass is 35.5. The number of hydrogen-bond donors (Lipinski definition) is 1. The minimum absolute atomic E-state index is 0.210. The first-order valence-electron chi connectivity index (χ1n) is 7.79. The van der Waals surface area contributed by atoms with E-state index in [1.807, 2.05) is 57.2 Å². The average Bonchev–Trinajstić information content (AvgIpc) is 2.89. The second-order valence-corrected chi connectivity index (χ2v) is 6.29. The van der Waals surface area contributed by atoms with E-state index in [-0.39, 0.29) is 5.91 Å². The molecule has 3 aromatic rings. The van der Waals surface area contributed by atoms with E-state index in [1.54, 1.807) is 6.07 Å². The molecule has 0 unspecified atom stereocenters. The minimum atomic E-state index is -0.210. The van der Waals surface area contributed by atoms with Crippen molar-refractivity contribution in [3.63, 3.8) is 0 Å². The molecule has 0 bridgehead atoms. The number of carbonyl (C=O) groups is 1. The van der Waals surface area contributed by atoms with Gasteiger partial charge >= 0.3 is 0 Å². The van der Waals surface area contributed by atoms with Crippen molar-refractivity contribution in [2.24, 2.45) is 0 Å². The van der Waals surface area contributed by atoms with Gasteiger partial charge in [0.25, 0.3) is 5.91 Å². The molecular formula is C20H19ClN2O. The van der Waals surface area contributed by atoms with Crippen LogP contribution in [0.2, 0.25) is 5.02 Å². The molecule has 0 fully saturated rings. The normalized spacial score (nSPS) is 10.7. The smallest absolute Gasteiger partial charge is 0.257 e. The quantitative estimate of drug-likeness (QED) is 0.690. The summed E-state index contributed by atoms with van der Waals surface area (Å²) in [5, 5.41) is 3.37. The molecule has 0 aliphatic heterocycles. The fourth-order valence-electron chi connectivity index (χ4n) is 2.80. The van der Waals surface area contributed by atoms with Crippen LogP contribution in [0, 0.1) is 20.8 Å². The summed E-state index contributed by atoms with van der Waals surface area (Å²) in [5.74, 6) is -0.210. The number of halogens is 1. The first-order valence-corrected chi connectivity index (χ1v) is 8.17. The lowest BCUT2D eigenvalue weighted by molar-refractivity contribution is 0.102. The van der Waals surface area contributed by atoms with Crippen LogP contribution in [0.25, 0.3) is 5.69 Å². The van der Waals surface area contributed by atoms with E-state index in [1.165, 1.54) is 0 Å². The summed E-state index contributed by atoms with van der Waals surface area (Å²) < 4.78 is 2.10. The van der Waals surface area contributed by atoms with Gasteiger partial charge < -0.3 is 9.88 Å². The largest absolute Gasteiger partial charge is 0.322 e. The Bertz CT molecular complexity index is 892. The number of hydrogen-bond acceptors (Lipinski definition) is 1. The zero-order valence-electron chi connectivity index (χ0n) is 13.9. The van der Waals surface area contributed by atoms with Gasteiger partial charge in [-0.15, -0.1) is 0 Å². The van der Waals surface area contributed by atoms with Crippen molar-refractivity contribution in [1.29, 1.82) is 0 Å². The molecule has 3 rings (SSSR count). The molecule has 0 aliphatic rings. The third-order valence-electron chi connectivity index (χ3n) is 4.12. The lowest BCUT2D eigenvalue weighted by Crippen LogP contribution is -2.14. The van der Waals surface area contributed by atoms with Gasteiger partial charge in [0.05, 0.1) is 10.6 Å². The average molecular weight is 339 g/mol. The molecule has 0 spiro atoms. The highest BCUT2D eigenvalue weighted by Crippen LogP contribution is 2.24. The number of aryl methyl sites for hydroxylation is 3. The standard InChI is InChI=1S/C20H19ClN2O/c1-13-6-4-5-7-19(13)22-20(24)17-12-16(10-11-18(17)21)23-14(2)8-9-15(23)3/h4-12H,1-3H3,(H,22,24). The van der Waals surface area contributed by atoms with Gasteiger partial charge in [-0.1, -0.05) is 29.8 Å². The zero-order chi connectivity index (χ0) is 17.3. The van der Waals surface area contributed by atoms with Gasteiger partial charge in [-0.05, 0) is 62.7 Å². The van der Waals surface area contributed by atoms with E-state index in [4.69, 9.17) is 11.6 Å². The summed E-state index contributed by atoms with van der Waals surface area (Å²) in [5.41, 5.74) is 5.41. The molecule has 24 heavy (non-hydrogen) atoms. The number of carbonyl (C=O) groups excluding carboxylic acids is 1. The molecule has 0 saturated heterocycles. The molecule has 0 aliphatic carbocycles. The van der Waals surface area contributed by atoms with Gasteiger partial charge in [-0.3, -0.25) is 4.79 Å². The number of rotatable bonds is 3. The van der Waals surface area contributed by atoms with Crippen LogP contribution in [0.5, 0.6) is 0 Å². The topological polar surface area (TPSA) is 34.0 Å². The van der Waals surface area contributed by atoms with Crippen LogP contribution < -0.4 is 5.32 Å². The summed E-state index contributed by atoms with van der Waals surface area (Å²) in [6.07, 6.45) is 0. The number of aromatic nitrogens is 1. The van der Waals surface area contributed by atoms with E-state index in [0.717, 1.165) is 28.3 Å². The fraction of sp³-hybridized carbons (Fsp3) is 0.150. The van der Waals surface area contributed by atoms with Crippen molar-refractivity contribution in [3.8, 4) is 5.69 Å². The van der Waals surface area contributed by atoms with Crippen molar-refractivity contribution < 1.29 is 4.79 Å². The lowest BCUT2D eigenvalue weighted by Gasteiger charge is -2.13. The molecule has 0 radical (unpaired) electrons. The van der Waals surface area contributed by atoms with Crippen molar-refractivity contribution in [2.75, 3.05) is 5.32 Å². The van der Waals surface area contributed by atoms with Crippen molar-refractivity contribution >= 4 is 23.2 Å². The number of anilines is 1. The van der Waals surface area contributed by atoms with Gasteiger partial charge in [-0.2, -0.15) is 0 Å². The Labute approximate surface area is 146 Å². The number of amides is 1. The molecule has 0 atom stereocenters. The van der Waals surface area contributed by atoms with E-state index in [2.05, 4.69) is 22.0 Å². The third-order valence-corrected chi connectivity index (χ3v) is 4.45. The monoisotopic (exact) mass is 338 g/mol. The third kappa shape index (κ3) is 3.08. The van der Waals surface area contributed by atoms with Crippen molar-refractivity contribution in [3.05, 3.63) is 82.1 Å². The van der Waals surface area contributed by atoms with Gasteiger partial charge in [0.15, 0.2) is 0 Å². The number of nitrogens with one attached hydrogen (secondary N) is 1. The lowest BCUT2D eigenvalue weighted by atomic mass is 10.1. The molecule has 1 N–H and O–H groups in total. The predicted molar refractivity (Wildman–Crippen MR) is 99.4 cm³/mol. The van der Waals surface area contributed by atoms with E-state index in [0.29, 0.717) is 10.6 Å². The van der Waals surface area contributed by atoms with Crippen LogP contribution in [0.4, 0.5) is 5.69 Å². The Kier molecular flexibility index (Phi) is 4.45. The fourth-order valence-corrected chi connectivity index (χ4v) is 3.01. The maximum atomic E-state index is 12.7. The maximum absolute atomic E-state index is 12.7. The summed E-state index contributed by atoms with van der Waals surface area (Å²) in [6, 6.07) is 17.3. The molecule has 1 aromatic heterocycles. The van der Waals surface area contributed by atoms with E-state index < -0.39 is 0 Å². The Balaban J connectivity index is 1.98. The number of nitrogens with zero attached hydrogens (tertiary/aromatic N) is 1. The second kappa shape index (κ2) is 6.54. The molecule has 3 nitrogen and oxygen atoms in total. The van der Waals surface area contributed by atoms with Crippen LogP contribution in [0.1, 0.15) is 27.3 Å². The Morgan fingerprint density at radius 2 is 1.62 bits per heavy atom. The highest BCUT2D eigenvalue weighted by Gasteiger charge is 2.14. The van der Waals surface area contributed by atoms with Crippen molar-refractivity contribution in [2.45, 2.75) is 20.8 Å². The number of benzene rings is 2. The summed E-state index contributed by atoms with van der Waals surface area (Å²) in [4.78, 5) is 12.7. The Hall–Kier alpha value is -2.52. The minimum Gasteiger partial charge on any atom is -0.322 e. The van der Waals surface area contributed by atoms with Crippen LogP contribution in [0.15, 0.2) is 54.6 Å². The Morgan fingerprint density at radius 3 is 2.29 bits per heavy atom. The molecule has 4 heteroatoms. The number of para-hydroxylation sites is 1. The summed E-state index contributed by atoms with van der Waals surface area (Å²) in [7, 11) is 0. The van der Waals surface area contributed by atoms with Crippen LogP contribution in [0.3, 0.4) is 0 Å². The molecule has 2 aromatic carbocycles. The van der Waals surface area contributed by atoms with Gasteiger partial charge in [0.1, 0.15) is 0 Å². The molecule has 1 heterocycles. The van der Waals surface area contributed by atoms with Crippen LogP contribution in [-0.2, 0) is 0 Å². The Morgan fingerprint density at radius 1 is 0.958 bits per heavy atom. The summed E-state index contributed by atoms with van der Waals surface area (Å²) >= 11 is 6.27. The highest BCUT2D eigenvalue weighted by molar-refractivity contribution is 6.34. The molecule has 1 amide bonds. The van der Waals surface area contributed by atoms with Gasteiger partial charge in [-0.25, -0.2) is 0 Å². The van der Waals surface area contributed by atoms with Crippen LogP contribution in [-0.4, -0.2) is 10.5 Å². The predicted octanol–water partition coefficient (Wildman–Crippen LogP) is 5.31. The summed E-state index contributed by atoms with van der Waals surface area (Å²) in [6.45, 7) is 6.03.